The van der Waals surface area contributed by atoms with Gasteiger partial charge < -0.3 is 14.8 Å². The Labute approximate surface area is 193 Å². The topological polar surface area (TPSA) is 81.6 Å². The Hall–Kier alpha value is -2.06. The van der Waals surface area contributed by atoms with E-state index in [2.05, 4.69) is 32.0 Å². The molecule has 32 heavy (non-hydrogen) atoms. The Morgan fingerprint density at radius 3 is 2.53 bits per heavy atom. The van der Waals surface area contributed by atoms with E-state index in [0.717, 1.165) is 67.9 Å². The van der Waals surface area contributed by atoms with Crippen LogP contribution in [0, 0.1) is 0 Å². The van der Waals surface area contributed by atoms with Crippen molar-refractivity contribution in [3.63, 3.8) is 0 Å². The molecule has 1 aromatic carbocycles. The van der Waals surface area contributed by atoms with Gasteiger partial charge in [0.05, 0.1) is 23.9 Å². The number of hydrogen-bond donors (Lipinski definition) is 2. The van der Waals surface area contributed by atoms with Crippen LogP contribution in [-0.4, -0.2) is 64.6 Å². The van der Waals surface area contributed by atoms with Crippen LogP contribution in [0.15, 0.2) is 30.6 Å². The molecular formula is C24H30ClN5O2. The number of aromatic nitrogens is 2. The van der Waals surface area contributed by atoms with Crippen molar-refractivity contribution in [3.8, 4) is 0 Å². The fourth-order valence-corrected chi connectivity index (χ4v) is 5.24. The third-order valence-electron chi connectivity index (χ3n) is 7.01. The molecule has 170 valence electrons. The maximum atomic E-state index is 12.2. The van der Waals surface area contributed by atoms with Crippen molar-refractivity contribution in [2.75, 3.05) is 31.1 Å². The summed E-state index contributed by atoms with van der Waals surface area (Å²) in [5, 5.41) is 14.7. The Kier molecular flexibility index (Phi) is 6.16. The number of halogens is 1. The molecule has 5 rings (SSSR count). The van der Waals surface area contributed by atoms with Gasteiger partial charge in [-0.2, -0.15) is 0 Å². The second-order valence-corrected chi connectivity index (χ2v) is 9.71. The Morgan fingerprint density at radius 1 is 1.16 bits per heavy atom. The summed E-state index contributed by atoms with van der Waals surface area (Å²) in [5.74, 6) is 0.954. The highest BCUT2D eigenvalue weighted by atomic mass is 35.5. The summed E-state index contributed by atoms with van der Waals surface area (Å²) in [5.41, 5.74) is 2.86. The molecule has 0 radical (unpaired) electrons. The molecule has 4 atom stereocenters. The molecule has 2 fully saturated rings. The van der Waals surface area contributed by atoms with Crippen molar-refractivity contribution < 1.29 is 9.90 Å². The summed E-state index contributed by atoms with van der Waals surface area (Å²) in [6.07, 6.45) is 5.13. The van der Waals surface area contributed by atoms with Crippen LogP contribution in [0.25, 0.3) is 0 Å². The van der Waals surface area contributed by atoms with E-state index in [-0.39, 0.29) is 18.0 Å². The summed E-state index contributed by atoms with van der Waals surface area (Å²) < 4.78 is 0. The van der Waals surface area contributed by atoms with Gasteiger partial charge in [-0.3, -0.25) is 10.2 Å². The van der Waals surface area contributed by atoms with Gasteiger partial charge in [0.25, 0.3) is 0 Å². The summed E-state index contributed by atoms with van der Waals surface area (Å²) in [6.45, 7) is 5.44. The average Bonchev–Trinajstić information content (AvgIpc) is 3.58. The van der Waals surface area contributed by atoms with E-state index in [1.807, 2.05) is 24.3 Å². The number of carbonyl (C=O) groups is 1. The summed E-state index contributed by atoms with van der Waals surface area (Å²) in [6, 6.07) is 8.10. The van der Waals surface area contributed by atoms with Crippen LogP contribution in [-0.2, 0) is 4.79 Å². The highest BCUT2D eigenvalue weighted by Crippen LogP contribution is 2.43. The van der Waals surface area contributed by atoms with Gasteiger partial charge in [-0.15, -0.1) is 0 Å². The lowest BCUT2D eigenvalue weighted by Crippen LogP contribution is -2.57. The maximum Gasteiger partial charge on any atom is 0.135 e. The van der Waals surface area contributed by atoms with Gasteiger partial charge in [-0.1, -0.05) is 30.7 Å². The predicted molar refractivity (Wildman–Crippen MR) is 124 cm³/mol. The number of rotatable bonds is 7. The van der Waals surface area contributed by atoms with E-state index in [4.69, 9.17) is 11.6 Å². The average molecular weight is 456 g/mol. The van der Waals surface area contributed by atoms with Gasteiger partial charge in [-0.05, 0) is 42.9 Å². The third-order valence-corrected chi connectivity index (χ3v) is 7.26. The van der Waals surface area contributed by atoms with E-state index in [9.17, 15) is 9.90 Å². The van der Waals surface area contributed by atoms with Crippen molar-refractivity contribution in [2.45, 2.75) is 56.3 Å². The molecule has 1 aromatic heterocycles. The zero-order valence-electron chi connectivity index (χ0n) is 18.3. The molecule has 2 aromatic rings. The molecule has 1 aliphatic heterocycles. The monoisotopic (exact) mass is 455 g/mol. The molecule has 2 heterocycles. The number of nitrogens with one attached hydrogen (secondary N) is 1. The highest BCUT2D eigenvalue weighted by molar-refractivity contribution is 6.30. The van der Waals surface area contributed by atoms with Gasteiger partial charge in [-0.25, -0.2) is 9.97 Å². The van der Waals surface area contributed by atoms with Crippen molar-refractivity contribution in [1.82, 2.24) is 20.2 Å². The molecule has 2 N–H and O–H groups in total. The van der Waals surface area contributed by atoms with Crippen LogP contribution in [0.2, 0.25) is 5.02 Å². The number of hydrogen-bond acceptors (Lipinski definition) is 7. The van der Waals surface area contributed by atoms with Crippen molar-refractivity contribution in [1.29, 1.82) is 0 Å². The Bertz CT molecular complexity index is 959. The van der Waals surface area contributed by atoms with Crippen LogP contribution in [0.1, 0.15) is 60.9 Å². The first-order chi connectivity index (χ1) is 15.5. The third kappa shape index (κ3) is 4.27. The first-order valence-corrected chi connectivity index (χ1v) is 11.9. The first kappa shape index (κ1) is 21.8. The number of benzene rings is 1. The van der Waals surface area contributed by atoms with Crippen LogP contribution < -0.4 is 10.2 Å². The fourth-order valence-electron chi connectivity index (χ4n) is 5.11. The SMILES string of the molecule is C[C@@H]1C[C@@H](O)c2ncnc(N3CCN(C(NC4CC4)C(C=O)c4ccc(Cl)cc4)CC3)c21. The lowest BCUT2D eigenvalue weighted by molar-refractivity contribution is -0.111. The minimum absolute atomic E-state index is 0.0415. The number of fused-ring (bicyclic) bond motifs is 1. The normalized spacial score (nSPS) is 25.4. The second kappa shape index (κ2) is 9.06. The first-order valence-electron chi connectivity index (χ1n) is 11.5. The summed E-state index contributed by atoms with van der Waals surface area (Å²) in [4.78, 5) is 25.8. The van der Waals surface area contributed by atoms with Gasteiger partial charge in [0, 0.05) is 42.8 Å². The molecular weight excluding hydrogens is 426 g/mol. The number of aliphatic hydroxyl groups excluding tert-OH is 1. The summed E-state index contributed by atoms with van der Waals surface area (Å²) >= 11 is 6.07. The van der Waals surface area contributed by atoms with Crippen molar-refractivity contribution in [2.24, 2.45) is 0 Å². The molecule has 0 bridgehead atoms. The van der Waals surface area contributed by atoms with Crippen LogP contribution >= 0.6 is 11.6 Å². The zero-order chi connectivity index (χ0) is 22.2. The van der Waals surface area contributed by atoms with Gasteiger partial charge >= 0.3 is 0 Å². The second-order valence-electron chi connectivity index (χ2n) is 9.27. The highest BCUT2D eigenvalue weighted by Gasteiger charge is 2.37. The number of aldehydes is 1. The molecule has 2 unspecified atom stereocenters. The van der Waals surface area contributed by atoms with Crippen LogP contribution in [0.4, 0.5) is 5.82 Å². The zero-order valence-corrected chi connectivity index (χ0v) is 19.1. The molecule has 7 nitrogen and oxygen atoms in total. The van der Waals surface area contributed by atoms with Crippen molar-refractivity contribution in [3.05, 3.63) is 52.4 Å². The molecule has 0 amide bonds. The van der Waals surface area contributed by atoms with E-state index in [0.29, 0.717) is 17.5 Å². The number of aliphatic hydroxyl groups is 1. The number of carbonyl (C=O) groups excluding carboxylic acids is 1. The van der Waals surface area contributed by atoms with Gasteiger partial charge in [0.15, 0.2) is 0 Å². The molecule has 2 aliphatic carbocycles. The smallest absolute Gasteiger partial charge is 0.135 e. The standard InChI is InChI=1S/C24H30ClN5O2/c1-15-12-20(32)22-21(15)24(27-14-26-22)30-10-8-29(9-11-30)23(28-18-6-7-18)19(13-31)16-2-4-17(25)5-3-16/h2-5,13-15,18-20,23,28,32H,6-12H2,1H3/t15-,19?,20-,23?/m1/s1. The van der Waals surface area contributed by atoms with E-state index < -0.39 is 6.10 Å². The maximum absolute atomic E-state index is 12.2. The molecule has 1 saturated heterocycles. The molecule has 0 spiro atoms. The predicted octanol–water partition coefficient (Wildman–Crippen LogP) is 2.85. The molecule has 8 heteroatoms. The number of anilines is 1. The number of nitrogens with zero attached hydrogens (tertiary/aromatic N) is 4. The van der Waals surface area contributed by atoms with Crippen LogP contribution in [0.5, 0.6) is 0 Å². The number of piperazine rings is 1. The minimum atomic E-state index is -0.497. The largest absolute Gasteiger partial charge is 0.387 e. The molecule has 1 saturated carbocycles. The van der Waals surface area contributed by atoms with Crippen LogP contribution in [0.3, 0.4) is 0 Å². The van der Waals surface area contributed by atoms with E-state index >= 15 is 0 Å². The summed E-state index contributed by atoms with van der Waals surface area (Å²) in [7, 11) is 0. The minimum Gasteiger partial charge on any atom is -0.387 e. The quantitative estimate of drug-likeness (QED) is 0.621. The van der Waals surface area contributed by atoms with Crippen molar-refractivity contribution >= 4 is 23.7 Å². The van der Waals surface area contributed by atoms with Gasteiger partial charge in [0.2, 0.25) is 0 Å². The van der Waals surface area contributed by atoms with Gasteiger partial charge in [0.1, 0.15) is 18.4 Å². The van der Waals surface area contributed by atoms with E-state index in [1.54, 1.807) is 6.33 Å². The fraction of sp³-hybridized carbons (Fsp3) is 0.542. The lowest BCUT2D eigenvalue weighted by atomic mass is 9.95. The van der Waals surface area contributed by atoms with E-state index in [1.165, 1.54) is 0 Å². The molecule has 3 aliphatic rings. The Morgan fingerprint density at radius 2 is 1.88 bits per heavy atom. The lowest BCUT2D eigenvalue weighted by Gasteiger charge is -2.42. The Balaban J connectivity index is 1.33.